The lowest BCUT2D eigenvalue weighted by atomic mass is 10.0. The van der Waals surface area contributed by atoms with Crippen molar-refractivity contribution in [1.82, 2.24) is 0 Å². The number of hydrogen-bond acceptors (Lipinski definition) is 0. The number of fused-ring (bicyclic) bond motifs is 3. The van der Waals surface area contributed by atoms with Crippen LogP contribution in [0.5, 0.6) is 0 Å². The topological polar surface area (TPSA) is 0 Å². The van der Waals surface area contributed by atoms with E-state index >= 15 is 0 Å². The summed E-state index contributed by atoms with van der Waals surface area (Å²) in [5.41, 5.74) is 6.66. The maximum Gasteiger partial charge on any atom is 0.0623 e. The third kappa shape index (κ3) is 1.00. The molecule has 0 atom stereocenters. The van der Waals surface area contributed by atoms with Gasteiger partial charge in [0.2, 0.25) is 0 Å². The van der Waals surface area contributed by atoms with Gasteiger partial charge in [0.25, 0.3) is 0 Å². The van der Waals surface area contributed by atoms with Crippen molar-refractivity contribution in [1.29, 1.82) is 0 Å². The van der Waals surface area contributed by atoms with Crippen LogP contribution in [0.4, 0.5) is 0 Å². The standard InChI is InChI=1S/C14H12/c1-10-6-7-14-12(8-10)9-11-4-2-3-5-13(11)14/h2-8H,9H2,1H3/i2D. The molecule has 0 saturated carbocycles. The van der Waals surface area contributed by atoms with Crippen LogP contribution in [0, 0.1) is 6.92 Å². The summed E-state index contributed by atoms with van der Waals surface area (Å²) in [5, 5.41) is 0. The molecule has 0 N–H and O–H groups in total. The fourth-order valence-electron chi connectivity index (χ4n) is 2.21. The van der Waals surface area contributed by atoms with Crippen LogP contribution in [0.1, 0.15) is 18.1 Å². The van der Waals surface area contributed by atoms with E-state index in [4.69, 9.17) is 1.37 Å². The van der Waals surface area contributed by atoms with Crippen molar-refractivity contribution >= 4 is 0 Å². The van der Waals surface area contributed by atoms with E-state index in [1.165, 1.54) is 27.8 Å². The molecule has 1 aliphatic rings. The fourth-order valence-corrected chi connectivity index (χ4v) is 2.21. The van der Waals surface area contributed by atoms with Crippen molar-refractivity contribution in [3.05, 3.63) is 59.1 Å². The zero-order chi connectivity index (χ0) is 10.4. The van der Waals surface area contributed by atoms with Crippen LogP contribution in [-0.2, 0) is 6.42 Å². The Balaban J connectivity index is 2.24. The summed E-state index contributed by atoms with van der Waals surface area (Å²) in [7, 11) is 0. The summed E-state index contributed by atoms with van der Waals surface area (Å²) < 4.78 is 7.61. The molecule has 14 heavy (non-hydrogen) atoms. The maximum absolute atomic E-state index is 7.61. The van der Waals surface area contributed by atoms with Gasteiger partial charge in [-0.15, -0.1) is 0 Å². The maximum atomic E-state index is 7.61. The molecule has 0 saturated heterocycles. The Hall–Kier alpha value is -1.56. The van der Waals surface area contributed by atoms with Gasteiger partial charge in [0.1, 0.15) is 0 Å². The Bertz CT molecular complexity index is 492. The molecule has 0 aromatic heterocycles. The quantitative estimate of drug-likeness (QED) is 0.497. The highest BCUT2D eigenvalue weighted by Gasteiger charge is 2.16. The Morgan fingerprint density at radius 2 is 1.93 bits per heavy atom. The van der Waals surface area contributed by atoms with Crippen LogP contribution in [-0.4, -0.2) is 0 Å². The summed E-state index contributed by atoms with van der Waals surface area (Å²) in [4.78, 5) is 0. The van der Waals surface area contributed by atoms with E-state index in [0.29, 0.717) is 6.04 Å². The average Bonchev–Trinajstić information content (AvgIpc) is 2.53. The van der Waals surface area contributed by atoms with Crippen molar-refractivity contribution in [2.75, 3.05) is 0 Å². The Morgan fingerprint density at radius 1 is 1.07 bits per heavy atom. The van der Waals surface area contributed by atoms with Gasteiger partial charge in [0, 0.05) is 0 Å². The molecule has 0 radical (unpaired) electrons. The highest BCUT2D eigenvalue weighted by Crippen LogP contribution is 2.36. The molecule has 0 unspecified atom stereocenters. The lowest BCUT2D eigenvalue weighted by molar-refractivity contribution is 1.25. The third-order valence-corrected chi connectivity index (χ3v) is 2.88. The normalized spacial score (nSPS) is 13.4. The Kier molecular flexibility index (Phi) is 1.32. The van der Waals surface area contributed by atoms with Crippen molar-refractivity contribution in [3.8, 4) is 11.1 Å². The summed E-state index contributed by atoms with van der Waals surface area (Å²) in [6, 6.07) is 13.1. The highest BCUT2D eigenvalue weighted by molar-refractivity contribution is 5.76. The first-order chi connectivity index (χ1) is 7.24. The molecule has 2 aromatic carbocycles. The molecule has 1 aliphatic carbocycles. The molecule has 0 nitrogen and oxygen atoms in total. The SMILES string of the molecule is [2H]c1ccc2c(c1)Cc1cc(C)ccc1-2. The fraction of sp³-hybridized carbons (Fsp3) is 0.143. The molecule has 0 fully saturated rings. The second kappa shape index (κ2) is 2.71. The molecule has 0 aliphatic heterocycles. The first-order valence-electron chi connectivity index (χ1n) is 5.43. The van der Waals surface area contributed by atoms with Crippen molar-refractivity contribution in [2.45, 2.75) is 13.3 Å². The number of hydrogen-bond donors (Lipinski definition) is 0. The van der Waals surface area contributed by atoms with E-state index in [2.05, 4.69) is 31.2 Å². The lowest BCUT2D eigenvalue weighted by Gasteiger charge is -2.00. The summed E-state index contributed by atoms with van der Waals surface area (Å²) in [6.07, 6.45) is 0.985. The van der Waals surface area contributed by atoms with Crippen LogP contribution in [0.25, 0.3) is 11.1 Å². The van der Waals surface area contributed by atoms with E-state index in [1.807, 2.05) is 12.1 Å². The van der Waals surface area contributed by atoms with E-state index in [9.17, 15) is 0 Å². The van der Waals surface area contributed by atoms with Gasteiger partial charge in [-0.2, -0.15) is 0 Å². The number of aryl methyl sites for hydroxylation is 1. The predicted molar refractivity (Wildman–Crippen MR) is 59.4 cm³/mol. The molecular weight excluding hydrogens is 168 g/mol. The molecule has 0 bridgehead atoms. The molecule has 68 valence electrons. The Morgan fingerprint density at radius 3 is 2.86 bits per heavy atom. The highest BCUT2D eigenvalue weighted by atomic mass is 14.2. The minimum Gasteiger partial charge on any atom is -0.0619 e. The lowest BCUT2D eigenvalue weighted by Crippen LogP contribution is -1.80. The Labute approximate surface area is 85.6 Å². The number of benzene rings is 2. The minimum absolute atomic E-state index is 0.610. The number of rotatable bonds is 0. The van der Waals surface area contributed by atoms with Crippen molar-refractivity contribution in [2.24, 2.45) is 0 Å². The van der Waals surface area contributed by atoms with Crippen LogP contribution in [0.3, 0.4) is 0 Å². The summed E-state index contributed by atoms with van der Waals surface area (Å²) in [5.74, 6) is 0. The zero-order valence-corrected chi connectivity index (χ0v) is 8.17. The summed E-state index contributed by atoms with van der Waals surface area (Å²) in [6.45, 7) is 2.12. The zero-order valence-electron chi connectivity index (χ0n) is 9.17. The van der Waals surface area contributed by atoms with E-state index in [1.54, 1.807) is 0 Å². The van der Waals surface area contributed by atoms with Crippen LogP contribution < -0.4 is 0 Å². The van der Waals surface area contributed by atoms with Gasteiger partial charge in [-0.05, 0) is 35.6 Å². The van der Waals surface area contributed by atoms with Gasteiger partial charge in [-0.3, -0.25) is 0 Å². The molecule has 2 aromatic rings. The van der Waals surface area contributed by atoms with E-state index < -0.39 is 0 Å². The molecular formula is C14H12. The minimum atomic E-state index is 0.610. The van der Waals surface area contributed by atoms with Crippen molar-refractivity contribution < 1.29 is 1.37 Å². The summed E-state index contributed by atoms with van der Waals surface area (Å²) >= 11 is 0. The molecule has 3 rings (SSSR count). The van der Waals surface area contributed by atoms with Crippen LogP contribution >= 0.6 is 0 Å². The van der Waals surface area contributed by atoms with Gasteiger partial charge in [0.05, 0.1) is 1.37 Å². The first-order valence-corrected chi connectivity index (χ1v) is 4.93. The van der Waals surface area contributed by atoms with E-state index in [-0.39, 0.29) is 0 Å². The van der Waals surface area contributed by atoms with Gasteiger partial charge < -0.3 is 0 Å². The average molecular weight is 181 g/mol. The van der Waals surface area contributed by atoms with Crippen LogP contribution in [0.2, 0.25) is 0 Å². The second-order valence-corrected chi connectivity index (χ2v) is 3.92. The first kappa shape index (κ1) is 6.83. The largest absolute Gasteiger partial charge is 0.0623 e. The molecule has 0 amide bonds. The van der Waals surface area contributed by atoms with Gasteiger partial charge >= 0.3 is 0 Å². The predicted octanol–water partition coefficient (Wildman–Crippen LogP) is 3.57. The smallest absolute Gasteiger partial charge is 0.0619 e. The van der Waals surface area contributed by atoms with Crippen LogP contribution in [0.15, 0.2) is 42.4 Å². The monoisotopic (exact) mass is 181 g/mol. The second-order valence-electron chi connectivity index (χ2n) is 3.92. The molecule has 0 heteroatoms. The molecule has 0 heterocycles. The van der Waals surface area contributed by atoms with E-state index in [0.717, 1.165) is 6.42 Å². The third-order valence-electron chi connectivity index (χ3n) is 2.88. The van der Waals surface area contributed by atoms with Gasteiger partial charge in [0.15, 0.2) is 0 Å². The van der Waals surface area contributed by atoms with Gasteiger partial charge in [-0.25, -0.2) is 0 Å². The van der Waals surface area contributed by atoms with Crippen molar-refractivity contribution in [3.63, 3.8) is 0 Å². The molecule has 0 spiro atoms. The van der Waals surface area contributed by atoms with Gasteiger partial charge in [-0.1, -0.05) is 48.0 Å².